The highest BCUT2D eigenvalue weighted by molar-refractivity contribution is 9.09. The van der Waals surface area contributed by atoms with Crippen molar-refractivity contribution in [3.63, 3.8) is 0 Å². The number of esters is 2. The molecule has 29 heavy (non-hydrogen) atoms. The Morgan fingerprint density at radius 3 is 2.66 bits per heavy atom. The monoisotopic (exact) mass is 471 g/mol. The van der Waals surface area contributed by atoms with E-state index in [1.807, 2.05) is 0 Å². The van der Waals surface area contributed by atoms with Crippen LogP contribution in [0.3, 0.4) is 0 Å². The Labute approximate surface area is 172 Å². The number of imidazole rings is 1. The molecule has 0 saturated carbocycles. The van der Waals surface area contributed by atoms with Crippen LogP contribution in [0.15, 0.2) is 11.1 Å². The second-order valence-corrected chi connectivity index (χ2v) is 7.36. The molecule has 1 amide bonds. The first kappa shape index (κ1) is 20.9. The molecule has 12 nitrogen and oxygen atoms in total. The van der Waals surface area contributed by atoms with E-state index in [1.165, 1.54) is 31.7 Å². The number of carbonyl (C=O) groups is 3. The van der Waals surface area contributed by atoms with Crippen LogP contribution in [0.5, 0.6) is 0 Å². The minimum atomic E-state index is -0.909. The smallest absolute Gasteiger partial charge is 0.303 e. The zero-order valence-corrected chi connectivity index (χ0v) is 17.3. The van der Waals surface area contributed by atoms with Gasteiger partial charge in [-0.15, -0.1) is 0 Å². The van der Waals surface area contributed by atoms with Gasteiger partial charge >= 0.3 is 11.9 Å². The van der Waals surface area contributed by atoms with Crippen molar-refractivity contribution in [2.45, 2.75) is 44.0 Å². The summed E-state index contributed by atoms with van der Waals surface area (Å²) in [5, 5.41) is 2.40. The lowest BCUT2D eigenvalue weighted by Crippen LogP contribution is -2.33. The lowest BCUT2D eigenvalue weighted by molar-refractivity contribution is -0.152. The Kier molecular flexibility index (Phi) is 5.98. The summed E-state index contributed by atoms with van der Waals surface area (Å²) in [4.78, 5) is 56.5. The summed E-state index contributed by atoms with van der Waals surface area (Å²) in [5.41, 5.74) is -0.433. The number of hydrogen-bond donors (Lipinski definition) is 2. The minimum Gasteiger partial charge on any atom is -0.463 e. The van der Waals surface area contributed by atoms with Gasteiger partial charge in [0.15, 0.2) is 23.5 Å². The zero-order valence-electron chi connectivity index (χ0n) is 15.7. The molecule has 1 saturated heterocycles. The summed E-state index contributed by atoms with van der Waals surface area (Å²) in [6, 6.07) is 0. The Bertz CT molecular complexity index is 1020. The van der Waals surface area contributed by atoms with Gasteiger partial charge in [-0.1, -0.05) is 15.9 Å². The molecule has 0 unspecified atom stereocenters. The molecular weight excluding hydrogens is 454 g/mol. The summed E-state index contributed by atoms with van der Waals surface area (Å²) >= 11 is 3.43. The third-order valence-electron chi connectivity index (χ3n) is 4.02. The number of aromatic nitrogens is 4. The number of halogens is 1. The van der Waals surface area contributed by atoms with Crippen LogP contribution in [0.25, 0.3) is 11.2 Å². The first-order valence-electron chi connectivity index (χ1n) is 8.52. The number of aromatic amines is 1. The Morgan fingerprint density at radius 2 is 2.03 bits per heavy atom. The third kappa shape index (κ3) is 4.45. The summed E-state index contributed by atoms with van der Waals surface area (Å²) in [7, 11) is 0. The van der Waals surface area contributed by atoms with Gasteiger partial charge in [0.2, 0.25) is 11.9 Å². The number of alkyl halides is 1. The highest BCUT2D eigenvalue weighted by atomic mass is 79.9. The molecule has 2 aromatic rings. The van der Waals surface area contributed by atoms with Gasteiger partial charge in [-0.3, -0.25) is 34.0 Å². The third-order valence-corrected chi connectivity index (χ3v) is 5.13. The number of carbonyl (C=O) groups excluding carboxylic acids is 3. The van der Waals surface area contributed by atoms with Crippen molar-refractivity contribution in [3.8, 4) is 0 Å². The summed E-state index contributed by atoms with van der Waals surface area (Å²) in [5.74, 6) is -1.52. The van der Waals surface area contributed by atoms with Crippen molar-refractivity contribution in [2.24, 2.45) is 0 Å². The highest BCUT2D eigenvalue weighted by Crippen LogP contribution is 2.37. The van der Waals surface area contributed by atoms with E-state index in [0.717, 1.165) is 0 Å². The number of nitrogens with one attached hydrogen (secondary N) is 2. The van der Waals surface area contributed by atoms with Gasteiger partial charge in [-0.25, -0.2) is 4.98 Å². The van der Waals surface area contributed by atoms with E-state index >= 15 is 0 Å². The van der Waals surface area contributed by atoms with Crippen molar-refractivity contribution in [2.75, 3.05) is 11.9 Å². The molecule has 0 bridgehead atoms. The number of ether oxygens (including phenoxy) is 3. The molecule has 1 aliphatic rings. The van der Waals surface area contributed by atoms with Gasteiger partial charge in [0.1, 0.15) is 12.7 Å². The maximum atomic E-state index is 12.3. The molecule has 13 heteroatoms. The fourth-order valence-electron chi connectivity index (χ4n) is 2.91. The first-order valence-corrected chi connectivity index (χ1v) is 9.43. The average Bonchev–Trinajstić information content (AvgIpc) is 3.15. The zero-order chi connectivity index (χ0) is 21.3. The largest absolute Gasteiger partial charge is 0.463 e. The Morgan fingerprint density at radius 1 is 1.31 bits per heavy atom. The van der Waals surface area contributed by atoms with E-state index in [4.69, 9.17) is 14.2 Å². The molecule has 4 atom stereocenters. The van der Waals surface area contributed by atoms with Crippen molar-refractivity contribution in [1.29, 1.82) is 0 Å². The van der Waals surface area contributed by atoms with E-state index in [2.05, 4.69) is 36.2 Å². The number of nitrogens with zero attached hydrogens (tertiary/aromatic N) is 3. The van der Waals surface area contributed by atoms with Gasteiger partial charge in [0.05, 0.1) is 11.2 Å². The second-order valence-electron chi connectivity index (χ2n) is 6.31. The fourth-order valence-corrected chi connectivity index (χ4v) is 3.55. The number of fused-ring (bicyclic) bond motifs is 1. The van der Waals surface area contributed by atoms with Crippen molar-refractivity contribution < 1.29 is 28.6 Å². The SMILES string of the molecule is CC(=O)Nc1nc2c(ncn2[C@@H]2O[C@H](COC(C)=O)[C@@H](Br)[C@H]2OC(C)=O)c(=O)[nH]1. The minimum absolute atomic E-state index is 0.0128. The fraction of sp³-hybridized carbons (Fsp3) is 0.500. The predicted molar refractivity (Wildman–Crippen MR) is 101 cm³/mol. The van der Waals surface area contributed by atoms with Crippen LogP contribution < -0.4 is 10.9 Å². The molecule has 156 valence electrons. The molecule has 0 radical (unpaired) electrons. The molecule has 2 N–H and O–H groups in total. The molecule has 3 rings (SSSR count). The molecular formula is C16H18BrN5O7. The van der Waals surface area contributed by atoms with Gasteiger partial charge in [0.25, 0.3) is 5.56 Å². The van der Waals surface area contributed by atoms with Crippen LogP contribution in [0.4, 0.5) is 5.95 Å². The normalized spacial score (nSPS) is 23.7. The van der Waals surface area contributed by atoms with Gasteiger partial charge in [-0.2, -0.15) is 4.98 Å². The molecule has 0 spiro atoms. The molecule has 3 heterocycles. The number of H-pyrrole nitrogens is 1. The lowest BCUT2D eigenvalue weighted by atomic mass is 10.2. The molecule has 1 aliphatic heterocycles. The van der Waals surface area contributed by atoms with Crippen LogP contribution in [-0.4, -0.2) is 61.0 Å². The maximum Gasteiger partial charge on any atom is 0.303 e. The molecule has 0 aromatic carbocycles. The number of anilines is 1. The van der Waals surface area contributed by atoms with Gasteiger partial charge in [-0.05, 0) is 0 Å². The van der Waals surface area contributed by atoms with E-state index in [1.54, 1.807) is 0 Å². The molecule has 1 fully saturated rings. The Hall–Kier alpha value is -2.80. The topological polar surface area (TPSA) is 154 Å². The van der Waals surface area contributed by atoms with Crippen LogP contribution in [0, 0.1) is 0 Å². The average molecular weight is 472 g/mol. The number of rotatable bonds is 5. The van der Waals surface area contributed by atoms with E-state index in [0.29, 0.717) is 0 Å². The molecule has 0 aliphatic carbocycles. The van der Waals surface area contributed by atoms with Crippen molar-refractivity contribution >= 4 is 50.9 Å². The number of hydrogen-bond acceptors (Lipinski definition) is 9. The highest BCUT2D eigenvalue weighted by Gasteiger charge is 2.47. The summed E-state index contributed by atoms with van der Waals surface area (Å²) in [6.45, 7) is 3.72. The second kappa shape index (κ2) is 8.29. The standard InChI is InChI=1S/C16H18BrN5O7/c1-6(23)19-16-20-13-11(14(26)21-16)18-5-22(13)15-12(28-8(3)25)10(17)9(29-15)4-27-7(2)24/h5,9-10,12,15H,4H2,1-3H3,(H2,19,20,21,23,26)/t9-,10-,12-,15-/m1/s1. The van der Waals surface area contributed by atoms with Gasteiger partial charge in [0, 0.05) is 20.8 Å². The quantitative estimate of drug-likeness (QED) is 0.460. The predicted octanol–water partition coefficient (Wildman–Crippen LogP) is 0.234. The summed E-state index contributed by atoms with van der Waals surface area (Å²) in [6.07, 6.45) is -1.05. The lowest BCUT2D eigenvalue weighted by Gasteiger charge is -2.21. The van der Waals surface area contributed by atoms with Crippen LogP contribution >= 0.6 is 15.9 Å². The summed E-state index contributed by atoms with van der Waals surface area (Å²) < 4.78 is 17.7. The number of amides is 1. The van der Waals surface area contributed by atoms with Crippen molar-refractivity contribution in [1.82, 2.24) is 19.5 Å². The van der Waals surface area contributed by atoms with Gasteiger partial charge < -0.3 is 14.2 Å². The van der Waals surface area contributed by atoms with Crippen LogP contribution in [-0.2, 0) is 28.6 Å². The van der Waals surface area contributed by atoms with Crippen LogP contribution in [0.1, 0.15) is 27.0 Å². The van der Waals surface area contributed by atoms with E-state index in [-0.39, 0.29) is 23.7 Å². The first-order chi connectivity index (χ1) is 13.7. The molecule has 2 aromatic heterocycles. The van der Waals surface area contributed by atoms with Crippen LogP contribution in [0.2, 0.25) is 0 Å². The van der Waals surface area contributed by atoms with E-state index < -0.39 is 46.7 Å². The Balaban J connectivity index is 2.01. The van der Waals surface area contributed by atoms with Crippen molar-refractivity contribution in [3.05, 3.63) is 16.7 Å². The maximum absolute atomic E-state index is 12.3. The van der Waals surface area contributed by atoms with E-state index in [9.17, 15) is 19.2 Å².